The minimum atomic E-state index is -0.270. The minimum Gasteiger partial charge on any atom is -0.376 e. The average Bonchev–Trinajstić information content (AvgIpc) is 3.57. The Morgan fingerprint density at radius 3 is 2.70 bits per heavy atom. The van der Waals surface area contributed by atoms with Crippen LogP contribution in [0.25, 0.3) is 22.2 Å². The summed E-state index contributed by atoms with van der Waals surface area (Å²) < 4.78 is 9.46. The van der Waals surface area contributed by atoms with Crippen molar-refractivity contribution in [3.8, 4) is 11.3 Å². The van der Waals surface area contributed by atoms with Crippen LogP contribution < -0.4 is 5.69 Å². The highest BCUT2D eigenvalue weighted by atomic mass is 32.2. The van der Waals surface area contributed by atoms with Crippen molar-refractivity contribution in [1.82, 2.24) is 19.3 Å². The third-order valence-electron chi connectivity index (χ3n) is 6.08. The van der Waals surface area contributed by atoms with Crippen LogP contribution in [-0.2, 0) is 17.8 Å². The topological polar surface area (TPSA) is 81.9 Å². The first kappa shape index (κ1) is 21.7. The molecule has 1 aliphatic rings. The summed E-state index contributed by atoms with van der Waals surface area (Å²) in [5.41, 5.74) is 3.44. The van der Waals surface area contributed by atoms with Gasteiger partial charge in [0.25, 0.3) is 0 Å². The fourth-order valence-corrected chi connectivity index (χ4v) is 5.41. The highest BCUT2D eigenvalue weighted by molar-refractivity contribution is 7.99. The van der Waals surface area contributed by atoms with Crippen LogP contribution in [0.4, 0.5) is 0 Å². The van der Waals surface area contributed by atoms with Crippen molar-refractivity contribution in [2.75, 3.05) is 12.4 Å². The van der Waals surface area contributed by atoms with E-state index < -0.39 is 0 Å². The van der Waals surface area contributed by atoms with Gasteiger partial charge in [0.15, 0.2) is 10.9 Å². The zero-order chi connectivity index (χ0) is 22.8. The zero-order valence-electron chi connectivity index (χ0n) is 18.5. The van der Waals surface area contributed by atoms with E-state index in [1.165, 1.54) is 11.8 Å². The van der Waals surface area contributed by atoms with Gasteiger partial charge in [0.1, 0.15) is 0 Å². The number of aromatic amines is 1. The van der Waals surface area contributed by atoms with E-state index in [0.29, 0.717) is 11.7 Å². The number of carbonyl (C=O) groups excluding carboxylic acids is 1. The van der Waals surface area contributed by atoms with E-state index in [4.69, 9.17) is 4.74 Å². The molecule has 7 nitrogen and oxygen atoms in total. The number of hydrogen-bond acceptors (Lipinski definition) is 5. The van der Waals surface area contributed by atoms with Gasteiger partial charge >= 0.3 is 5.69 Å². The first-order valence-corrected chi connectivity index (χ1v) is 12.3. The summed E-state index contributed by atoms with van der Waals surface area (Å²) in [6.07, 6.45) is 1.95. The molecular weight excluding hydrogens is 436 g/mol. The number of Topliss-reactive ketones (excluding diaryl/α,β-unsaturated/α-hetero) is 1. The highest BCUT2D eigenvalue weighted by Gasteiger charge is 2.24. The van der Waals surface area contributed by atoms with Crippen LogP contribution in [0.5, 0.6) is 0 Å². The second-order valence-corrected chi connectivity index (χ2v) is 9.06. The monoisotopic (exact) mass is 462 g/mol. The lowest BCUT2D eigenvalue weighted by Gasteiger charge is -2.12. The van der Waals surface area contributed by atoms with Crippen molar-refractivity contribution in [3.63, 3.8) is 0 Å². The molecule has 2 aromatic carbocycles. The Hall–Kier alpha value is -3.10. The molecule has 0 saturated carbocycles. The molecular formula is C25H26N4O3S. The maximum atomic E-state index is 13.6. The van der Waals surface area contributed by atoms with Gasteiger partial charge in [-0.15, -0.1) is 5.10 Å². The largest absolute Gasteiger partial charge is 0.376 e. The Balaban J connectivity index is 1.48. The van der Waals surface area contributed by atoms with Gasteiger partial charge in [-0.3, -0.25) is 9.36 Å². The normalized spacial score (nSPS) is 16.0. The number of para-hydroxylation sites is 1. The molecule has 33 heavy (non-hydrogen) atoms. The van der Waals surface area contributed by atoms with Gasteiger partial charge in [-0.05, 0) is 31.4 Å². The van der Waals surface area contributed by atoms with Crippen LogP contribution in [0.2, 0.25) is 0 Å². The number of thioether (sulfide) groups is 1. The summed E-state index contributed by atoms with van der Waals surface area (Å²) in [7, 11) is 0. The average molecular weight is 463 g/mol. The van der Waals surface area contributed by atoms with Gasteiger partial charge in [-0.1, -0.05) is 60.3 Å². The van der Waals surface area contributed by atoms with Crippen LogP contribution in [0.1, 0.15) is 30.1 Å². The van der Waals surface area contributed by atoms with E-state index in [1.54, 1.807) is 4.57 Å². The fraction of sp³-hybridized carbons (Fsp3) is 0.320. The molecule has 3 heterocycles. The standard InChI is InChI=1S/C25H26N4O3S/c1-2-28-20-13-7-6-12-19(20)22(23(28)17-9-4-3-5-10-17)21(30)16-33-25-27-26-24(31)29(25)15-18-11-8-14-32-18/h3-7,9-10,12-13,18H,2,8,11,14-16H2,1H3,(H,26,31). The zero-order valence-corrected chi connectivity index (χ0v) is 19.3. The SMILES string of the molecule is CCn1c(-c2ccccc2)c(C(=O)CSc2n[nH]c(=O)n2CC2CCCO2)c2ccccc21. The molecule has 1 fully saturated rings. The maximum Gasteiger partial charge on any atom is 0.344 e. The molecule has 0 spiro atoms. The van der Waals surface area contributed by atoms with Crippen LogP contribution in [0.3, 0.4) is 0 Å². The number of H-pyrrole nitrogens is 1. The molecule has 1 aliphatic heterocycles. The quantitative estimate of drug-likeness (QED) is 0.311. The summed E-state index contributed by atoms with van der Waals surface area (Å²) in [6, 6.07) is 18.1. The second-order valence-electron chi connectivity index (χ2n) is 8.12. The number of carbonyl (C=O) groups is 1. The van der Waals surface area contributed by atoms with Gasteiger partial charge in [0.2, 0.25) is 0 Å². The van der Waals surface area contributed by atoms with E-state index in [0.717, 1.165) is 53.7 Å². The number of ketones is 1. The van der Waals surface area contributed by atoms with E-state index in [9.17, 15) is 9.59 Å². The number of aromatic nitrogens is 4. The van der Waals surface area contributed by atoms with Crippen molar-refractivity contribution < 1.29 is 9.53 Å². The Bertz CT molecular complexity index is 1330. The molecule has 4 aromatic rings. The van der Waals surface area contributed by atoms with E-state index >= 15 is 0 Å². The number of hydrogen-bond donors (Lipinski definition) is 1. The Kier molecular flexibility index (Phi) is 6.20. The summed E-state index contributed by atoms with van der Waals surface area (Å²) in [4.78, 5) is 25.9. The van der Waals surface area contributed by atoms with Crippen LogP contribution >= 0.6 is 11.8 Å². The van der Waals surface area contributed by atoms with Gasteiger partial charge < -0.3 is 9.30 Å². The van der Waals surface area contributed by atoms with Crippen LogP contribution in [0.15, 0.2) is 64.5 Å². The summed E-state index contributed by atoms with van der Waals surface area (Å²) in [6.45, 7) is 4.03. The van der Waals surface area contributed by atoms with Crippen molar-refractivity contribution in [2.24, 2.45) is 0 Å². The van der Waals surface area contributed by atoms with E-state index in [2.05, 4.69) is 27.8 Å². The maximum absolute atomic E-state index is 13.6. The summed E-state index contributed by atoms with van der Waals surface area (Å²) in [5, 5.41) is 8.15. The second kappa shape index (κ2) is 9.41. The third-order valence-corrected chi connectivity index (χ3v) is 7.06. The van der Waals surface area contributed by atoms with Gasteiger partial charge in [-0.25, -0.2) is 9.89 Å². The van der Waals surface area contributed by atoms with Crippen molar-refractivity contribution in [2.45, 2.75) is 44.1 Å². The predicted molar refractivity (Wildman–Crippen MR) is 130 cm³/mol. The van der Waals surface area contributed by atoms with Crippen LogP contribution in [-0.4, -0.2) is 43.6 Å². The van der Waals surface area contributed by atoms with Crippen molar-refractivity contribution >= 4 is 28.4 Å². The van der Waals surface area contributed by atoms with E-state index in [1.807, 2.05) is 48.5 Å². The Morgan fingerprint density at radius 2 is 1.94 bits per heavy atom. The van der Waals surface area contributed by atoms with Gasteiger partial charge in [0.05, 0.1) is 29.7 Å². The summed E-state index contributed by atoms with van der Waals surface area (Å²) in [5.74, 6) is 0.203. The minimum absolute atomic E-state index is 0.0152. The molecule has 0 aliphatic carbocycles. The molecule has 170 valence electrons. The van der Waals surface area contributed by atoms with Crippen LogP contribution in [0, 0.1) is 0 Å². The molecule has 0 bridgehead atoms. The number of nitrogens with zero attached hydrogens (tertiary/aromatic N) is 3. The molecule has 1 N–H and O–H groups in total. The first-order chi connectivity index (χ1) is 16.2. The Morgan fingerprint density at radius 1 is 1.15 bits per heavy atom. The first-order valence-electron chi connectivity index (χ1n) is 11.3. The molecule has 8 heteroatoms. The summed E-state index contributed by atoms with van der Waals surface area (Å²) >= 11 is 1.29. The highest BCUT2D eigenvalue weighted by Crippen LogP contribution is 2.35. The molecule has 1 unspecified atom stereocenters. The van der Waals surface area contributed by atoms with Crippen molar-refractivity contribution in [1.29, 1.82) is 0 Å². The number of nitrogens with one attached hydrogen (secondary N) is 1. The van der Waals surface area contributed by atoms with Crippen molar-refractivity contribution in [3.05, 3.63) is 70.6 Å². The molecule has 0 radical (unpaired) electrons. The fourth-order valence-electron chi connectivity index (χ4n) is 4.58. The third kappa shape index (κ3) is 4.16. The Labute approximate surface area is 195 Å². The number of rotatable bonds is 8. The van der Waals surface area contributed by atoms with Gasteiger partial charge in [0, 0.05) is 24.1 Å². The lowest BCUT2D eigenvalue weighted by Crippen LogP contribution is -2.25. The molecule has 1 atom stereocenters. The number of ether oxygens (including phenoxy) is 1. The number of fused-ring (bicyclic) bond motifs is 1. The lowest BCUT2D eigenvalue weighted by molar-refractivity contribution is 0.0941. The van der Waals surface area contributed by atoms with E-state index in [-0.39, 0.29) is 23.3 Å². The molecule has 5 rings (SSSR count). The molecule has 0 amide bonds. The number of aryl methyl sites for hydroxylation is 1. The lowest BCUT2D eigenvalue weighted by atomic mass is 10.0. The molecule has 2 aromatic heterocycles. The van der Waals surface area contributed by atoms with Gasteiger partial charge in [-0.2, -0.15) is 0 Å². The smallest absolute Gasteiger partial charge is 0.344 e. The number of benzene rings is 2. The predicted octanol–water partition coefficient (Wildman–Crippen LogP) is 4.37. The molecule has 1 saturated heterocycles.